The predicted octanol–water partition coefficient (Wildman–Crippen LogP) is 6.41. The van der Waals surface area contributed by atoms with Gasteiger partial charge in [-0.05, 0) is 75.0 Å². The summed E-state index contributed by atoms with van der Waals surface area (Å²) in [6, 6.07) is 3.55. The average molecular weight is 616 g/mol. The monoisotopic (exact) mass is 615 g/mol. The van der Waals surface area contributed by atoms with E-state index >= 15 is 0 Å². The van der Waals surface area contributed by atoms with Crippen LogP contribution in [-0.4, -0.2) is 51.6 Å². The summed E-state index contributed by atoms with van der Waals surface area (Å²) in [7, 11) is 0. The molecule has 1 saturated carbocycles. The molecule has 2 amide bonds. The number of likely N-dealkylation sites (tertiary alicyclic amines) is 1. The van der Waals surface area contributed by atoms with Crippen LogP contribution in [-0.2, 0) is 11.3 Å². The van der Waals surface area contributed by atoms with Gasteiger partial charge in [-0.2, -0.15) is 0 Å². The molecular formula is C35H42ClN5O3. The van der Waals surface area contributed by atoms with E-state index in [9.17, 15) is 14.4 Å². The first kappa shape index (κ1) is 31.6. The summed E-state index contributed by atoms with van der Waals surface area (Å²) in [5.74, 6) is -0.178. The van der Waals surface area contributed by atoms with Crippen molar-refractivity contribution < 1.29 is 9.59 Å². The van der Waals surface area contributed by atoms with Crippen molar-refractivity contribution in [3.05, 3.63) is 81.3 Å². The van der Waals surface area contributed by atoms with Crippen LogP contribution >= 0.6 is 11.6 Å². The summed E-state index contributed by atoms with van der Waals surface area (Å²) in [6.45, 7) is 11.2. The Bertz CT molecular complexity index is 1650. The highest BCUT2D eigenvalue weighted by molar-refractivity contribution is 6.31. The second-order valence-corrected chi connectivity index (χ2v) is 13.5. The van der Waals surface area contributed by atoms with Crippen LogP contribution in [0.15, 0.2) is 69.6 Å². The Kier molecular flexibility index (Phi) is 9.68. The molecule has 0 spiro atoms. The van der Waals surface area contributed by atoms with Crippen LogP contribution in [0.1, 0.15) is 81.6 Å². The molecule has 0 aromatic carbocycles. The third kappa shape index (κ3) is 7.46. The zero-order chi connectivity index (χ0) is 31.4. The minimum atomic E-state index is -0.531. The number of aliphatic imine (C=N–C) groups is 1. The first-order valence-corrected chi connectivity index (χ1v) is 15.9. The van der Waals surface area contributed by atoms with Crippen molar-refractivity contribution >= 4 is 45.9 Å². The Morgan fingerprint density at radius 2 is 1.95 bits per heavy atom. The summed E-state index contributed by atoms with van der Waals surface area (Å²) in [6.07, 6.45) is 16.4. The molecule has 44 heavy (non-hydrogen) atoms. The Morgan fingerprint density at radius 1 is 1.16 bits per heavy atom. The molecule has 4 heterocycles. The first-order chi connectivity index (χ1) is 21.0. The second-order valence-electron chi connectivity index (χ2n) is 13.0. The molecule has 2 aliphatic heterocycles. The summed E-state index contributed by atoms with van der Waals surface area (Å²) in [5, 5.41) is 4.03. The van der Waals surface area contributed by atoms with E-state index in [4.69, 9.17) is 21.6 Å². The zero-order valence-electron chi connectivity index (χ0n) is 26.0. The van der Waals surface area contributed by atoms with Crippen LogP contribution in [0.2, 0.25) is 0 Å². The number of pyridine rings is 2. The van der Waals surface area contributed by atoms with Crippen molar-refractivity contribution in [3.8, 4) is 0 Å². The Hall–Kier alpha value is -3.78. The molecule has 2 fully saturated rings. The van der Waals surface area contributed by atoms with Gasteiger partial charge >= 0.3 is 0 Å². The number of aromatic nitrogens is 2. The number of hydrogen-bond donors (Lipinski definition) is 1. The Morgan fingerprint density at radius 3 is 2.70 bits per heavy atom. The minimum Gasteiger partial charge on any atom is -0.352 e. The van der Waals surface area contributed by atoms with E-state index in [1.54, 1.807) is 29.3 Å². The highest BCUT2D eigenvalue weighted by Crippen LogP contribution is 2.32. The fourth-order valence-electron chi connectivity index (χ4n) is 6.18. The number of nitrogens with zero attached hydrogens (tertiary/aromatic N) is 4. The van der Waals surface area contributed by atoms with Crippen molar-refractivity contribution in [2.75, 3.05) is 19.6 Å². The van der Waals surface area contributed by atoms with Gasteiger partial charge in [0.25, 0.3) is 11.5 Å². The van der Waals surface area contributed by atoms with Gasteiger partial charge < -0.3 is 10.2 Å². The van der Waals surface area contributed by atoms with Gasteiger partial charge in [0.1, 0.15) is 17.8 Å². The van der Waals surface area contributed by atoms with Crippen molar-refractivity contribution in [2.45, 2.75) is 72.3 Å². The first-order valence-electron chi connectivity index (χ1n) is 15.6. The van der Waals surface area contributed by atoms with E-state index < -0.39 is 11.5 Å². The average Bonchev–Trinajstić information content (AvgIpc) is 3.12. The molecule has 1 aliphatic carbocycles. The lowest BCUT2D eigenvalue weighted by Gasteiger charge is -2.45. The number of carbonyl (C=O) groups excluding carboxylic acids is 2. The van der Waals surface area contributed by atoms with Gasteiger partial charge in [0.2, 0.25) is 5.91 Å². The highest BCUT2D eigenvalue weighted by Gasteiger charge is 2.37. The molecule has 2 aromatic heterocycles. The second kappa shape index (κ2) is 13.5. The van der Waals surface area contributed by atoms with Gasteiger partial charge in [-0.25, -0.2) is 4.98 Å². The van der Waals surface area contributed by atoms with Crippen molar-refractivity contribution in [1.29, 1.82) is 0 Å². The number of allylic oxidation sites excluding steroid dienone is 5. The van der Waals surface area contributed by atoms with E-state index in [2.05, 4.69) is 31.8 Å². The van der Waals surface area contributed by atoms with E-state index in [-0.39, 0.29) is 23.4 Å². The molecule has 9 heteroatoms. The molecule has 8 nitrogen and oxygen atoms in total. The topological polar surface area (TPSA) is 96.7 Å². The lowest BCUT2D eigenvalue weighted by molar-refractivity contribution is -0.142. The van der Waals surface area contributed by atoms with Crippen LogP contribution in [0.3, 0.4) is 0 Å². The predicted molar refractivity (Wildman–Crippen MR) is 178 cm³/mol. The molecule has 3 aliphatic rings. The summed E-state index contributed by atoms with van der Waals surface area (Å²) in [4.78, 5) is 51.8. The standard InChI is InChI=1S/C35H42ClN5O3/c1-5-27(36)12-10-23(2)14-15-37-33(43)29-18-25-17-26(30-16-24-8-6-7-9-28(39-30)13-11-24)19-38-32(25)41(34(29)44)20-31(42)40-21-35(3,4)22-40/h5,10,12,16-19,24H,1,6-9,11,13-15,20-22H2,2-4H3,(H,37,43). The zero-order valence-corrected chi connectivity index (χ0v) is 26.8. The van der Waals surface area contributed by atoms with Crippen molar-refractivity contribution in [2.24, 2.45) is 16.3 Å². The van der Waals surface area contributed by atoms with Crippen LogP contribution in [0, 0.1) is 11.3 Å². The fraction of sp³-hybridized carbons (Fsp3) is 0.457. The van der Waals surface area contributed by atoms with Crippen LogP contribution < -0.4 is 10.9 Å². The van der Waals surface area contributed by atoms with E-state index in [1.165, 1.54) is 16.7 Å². The van der Waals surface area contributed by atoms with Crippen LogP contribution in [0.5, 0.6) is 0 Å². The van der Waals surface area contributed by atoms with Gasteiger partial charge in [-0.15, -0.1) is 0 Å². The lowest BCUT2D eigenvalue weighted by atomic mass is 9.84. The molecular weight excluding hydrogens is 574 g/mol. The maximum atomic E-state index is 13.7. The minimum absolute atomic E-state index is 0.0146. The van der Waals surface area contributed by atoms with E-state index in [0.717, 1.165) is 48.9 Å². The quantitative estimate of drug-likeness (QED) is 0.330. The van der Waals surface area contributed by atoms with Gasteiger partial charge in [0, 0.05) is 47.5 Å². The number of rotatable bonds is 9. The molecule has 2 aromatic rings. The van der Waals surface area contributed by atoms with Gasteiger partial charge in [0.05, 0.1) is 5.70 Å². The Labute approximate surface area is 264 Å². The number of fused-ring (bicyclic) bond motifs is 4. The van der Waals surface area contributed by atoms with Gasteiger partial charge in [-0.3, -0.25) is 23.9 Å². The maximum absolute atomic E-state index is 13.7. The van der Waals surface area contributed by atoms with Gasteiger partial charge in [-0.1, -0.05) is 62.2 Å². The number of halogens is 1. The summed E-state index contributed by atoms with van der Waals surface area (Å²) >= 11 is 5.99. The SMILES string of the molecule is C=CC(Cl)=CC=C(C)CCNC(=O)c1cc2cc(C3=CC4CCCCC(=N3)CC4)cnc2n(CC(=O)N2CC(C)(C)C2)c1=O. The smallest absolute Gasteiger partial charge is 0.265 e. The van der Waals surface area contributed by atoms with Crippen LogP contribution in [0.4, 0.5) is 0 Å². The molecule has 5 rings (SSSR count). The van der Waals surface area contributed by atoms with E-state index in [0.29, 0.717) is 48.0 Å². The number of hydrogen-bond acceptors (Lipinski definition) is 5. The third-order valence-electron chi connectivity index (χ3n) is 8.64. The maximum Gasteiger partial charge on any atom is 0.265 e. The molecule has 1 unspecified atom stereocenters. The normalized spacial score (nSPS) is 20.2. The fourth-order valence-corrected chi connectivity index (χ4v) is 6.24. The van der Waals surface area contributed by atoms with Gasteiger partial charge in [0.15, 0.2) is 0 Å². The third-order valence-corrected chi connectivity index (χ3v) is 8.92. The molecule has 1 saturated heterocycles. The molecule has 2 bridgehead atoms. The Balaban J connectivity index is 1.48. The highest BCUT2D eigenvalue weighted by atomic mass is 35.5. The largest absolute Gasteiger partial charge is 0.352 e. The molecule has 232 valence electrons. The number of carbonyl (C=O) groups is 2. The lowest BCUT2D eigenvalue weighted by Crippen LogP contribution is -2.56. The van der Waals surface area contributed by atoms with Crippen molar-refractivity contribution in [3.63, 3.8) is 0 Å². The molecule has 0 radical (unpaired) electrons. The van der Waals surface area contributed by atoms with E-state index in [1.807, 2.05) is 19.1 Å². The summed E-state index contributed by atoms with van der Waals surface area (Å²) in [5.41, 5.74) is 3.87. The number of nitrogens with one attached hydrogen (secondary N) is 1. The van der Waals surface area contributed by atoms with Crippen LogP contribution in [0.25, 0.3) is 16.7 Å². The number of amides is 2. The van der Waals surface area contributed by atoms with Crippen molar-refractivity contribution in [1.82, 2.24) is 19.8 Å². The molecule has 1 N–H and O–H groups in total. The summed E-state index contributed by atoms with van der Waals surface area (Å²) < 4.78 is 1.35. The molecule has 1 atom stereocenters.